The summed E-state index contributed by atoms with van der Waals surface area (Å²) in [5, 5.41) is 14.9. The van der Waals surface area contributed by atoms with Gasteiger partial charge in [0.15, 0.2) is 0 Å². The monoisotopic (exact) mass is 133 g/mol. The second kappa shape index (κ2) is 1.77. The van der Waals surface area contributed by atoms with Gasteiger partial charge >= 0.3 is 11.8 Å². The fourth-order valence-electron chi connectivity index (χ4n) is 0.284. The van der Waals surface area contributed by atoms with Crippen LogP contribution in [0.5, 0.6) is 0 Å². The third kappa shape index (κ3) is 0.831. The Bertz CT molecular complexity index is 233. The third-order valence-electron chi connectivity index (χ3n) is 0.598. The predicted octanol–water partition coefficient (Wildman–Crippen LogP) is 0.117. The van der Waals surface area contributed by atoms with Crippen LogP contribution < -0.4 is 0 Å². The van der Waals surface area contributed by atoms with E-state index in [2.05, 4.69) is 14.9 Å². The minimum absolute atomic E-state index is 1.05. The molecule has 0 aliphatic carbocycles. The van der Waals surface area contributed by atoms with Crippen molar-refractivity contribution in [3.8, 4) is 0 Å². The van der Waals surface area contributed by atoms with Crippen molar-refractivity contribution >= 4 is 5.88 Å². The van der Waals surface area contributed by atoms with Crippen LogP contribution in [0, 0.1) is 16.1 Å². The second-order valence-electron chi connectivity index (χ2n) is 1.13. The van der Waals surface area contributed by atoms with Gasteiger partial charge in [0.2, 0.25) is 0 Å². The summed E-state index contributed by atoms with van der Waals surface area (Å²) in [6.07, 6.45) is 0. The smallest absolute Gasteiger partial charge is 0.265 e. The molecule has 0 saturated carbocycles. The van der Waals surface area contributed by atoms with Gasteiger partial charge in [0.1, 0.15) is 4.92 Å². The van der Waals surface area contributed by atoms with E-state index in [-0.39, 0.29) is 0 Å². The third-order valence-corrected chi connectivity index (χ3v) is 0.598. The summed E-state index contributed by atoms with van der Waals surface area (Å²) in [5.41, 5.74) is 0. The lowest BCUT2D eigenvalue weighted by Crippen LogP contribution is -1.87. The Morgan fingerprint density at radius 1 is 1.78 bits per heavy atom. The van der Waals surface area contributed by atoms with Crippen LogP contribution in [0.4, 0.5) is 10.3 Å². The highest BCUT2D eigenvalue weighted by atomic mass is 19.1. The Labute approximate surface area is 47.4 Å². The first-order chi connectivity index (χ1) is 4.22. The largest absolute Gasteiger partial charge is 0.512 e. The Kier molecular flexibility index (Phi) is 1.10. The molecule has 7 heteroatoms. The van der Waals surface area contributed by atoms with Crippen molar-refractivity contribution in [1.29, 1.82) is 0 Å². The molecule has 0 N–H and O–H groups in total. The first-order valence-electron chi connectivity index (χ1n) is 1.84. The molecular formula is C2FN3O3. The van der Waals surface area contributed by atoms with Gasteiger partial charge < -0.3 is 0 Å². The number of rotatable bonds is 1. The van der Waals surface area contributed by atoms with Crippen molar-refractivity contribution < 1.29 is 13.8 Å². The summed E-state index contributed by atoms with van der Waals surface area (Å²) in [4.78, 5) is 8.63. The zero-order chi connectivity index (χ0) is 6.85. The van der Waals surface area contributed by atoms with Gasteiger partial charge in [0.25, 0.3) is 0 Å². The lowest BCUT2D eigenvalue weighted by Gasteiger charge is -1.75. The molecule has 48 valence electrons. The Balaban J connectivity index is 3.08. The zero-order valence-electron chi connectivity index (χ0n) is 3.94. The van der Waals surface area contributed by atoms with Gasteiger partial charge in [-0.1, -0.05) is 5.10 Å². The number of nitrogens with zero attached hydrogens (tertiary/aromatic N) is 3. The van der Waals surface area contributed by atoms with Crippen molar-refractivity contribution in [2.75, 3.05) is 0 Å². The van der Waals surface area contributed by atoms with Crippen LogP contribution in [0.15, 0.2) is 4.52 Å². The summed E-state index contributed by atoms with van der Waals surface area (Å²) in [6, 6.07) is 0. The van der Waals surface area contributed by atoms with Crippen molar-refractivity contribution in [1.82, 2.24) is 10.4 Å². The Hall–Kier alpha value is -1.53. The van der Waals surface area contributed by atoms with Gasteiger partial charge in [-0.25, -0.2) is 0 Å². The maximum absolute atomic E-state index is 11.9. The van der Waals surface area contributed by atoms with Gasteiger partial charge in [0, 0.05) is 5.27 Å². The van der Waals surface area contributed by atoms with Crippen molar-refractivity contribution in [3.63, 3.8) is 0 Å². The number of halogens is 1. The number of nitro groups is 1. The van der Waals surface area contributed by atoms with Crippen LogP contribution >= 0.6 is 0 Å². The average Bonchev–Trinajstić information content (AvgIpc) is 2.13. The Morgan fingerprint density at radius 3 is 2.67 bits per heavy atom. The van der Waals surface area contributed by atoms with Crippen LogP contribution in [0.2, 0.25) is 0 Å². The summed E-state index contributed by atoms with van der Waals surface area (Å²) < 4.78 is 15.7. The van der Waals surface area contributed by atoms with E-state index in [1.165, 1.54) is 0 Å². The van der Waals surface area contributed by atoms with Crippen LogP contribution in [-0.4, -0.2) is 15.3 Å². The molecule has 1 aromatic rings. The van der Waals surface area contributed by atoms with Crippen LogP contribution in [0.3, 0.4) is 0 Å². The van der Waals surface area contributed by atoms with Crippen molar-refractivity contribution in [2.45, 2.75) is 0 Å². The van der Waals surface area contributed by atoms with Crippen LogP contribution in [0.25, 0.3) is 0 Å². The molecule has 0 unspecified atom stereocenters. The Morgan fingerprint density at radius 2 is 2.44 bits per heavy atom. The molecule has 9 heavy (non-hydrogen) atoms. The quantitative estimate of drug-likeness (QED) is 0.401. The summed E-state index contributed by atoms with van der Waals surface area (Å²) in [5.74, 6) is -2.37. The predicted molar refractivity (Wildman–Crippen MR) is 20.9 cm³/mol. The minimum Gasteiger partial charge on any atom is -0.265 e. The van der Waals surface area contributed by atoms with E-state index in [1.54, 1.807) is 0 Å². The normalized spacial score (nSPS) is 9.44. The van der Waals surface area contributed by atoms with Crippen LogP contribution in [0.1, 0.15) is 0 Å². The number of aromatic nitrogens is 2. The summed E-state index contributed by atoms with van der Waals surface area (Å²) >= 11 is 0. The lowest BCUT2D eigenvalue weighted by atomic mass is 10.8. The fourth-order valence-corrected chi connectivity index (χ4v) is 0.284. The van der Waals surface area contributed by atoms with E-state index in [9.17, 15) is 14.5 Å². The van der Waals surface area contributed by atoms with E-state index < -0.39 is 16.8 Å². The standard InChI is InChI=1S/C2FN3O3/c3-1-2(6(7)8)9-5-4-1. The van der Waals surface area contributed by atoms with Gasteiger partial charge in [-0.3, -0.25) is 14.6 Å². The van der Waals surface area contributed by atoms with Gasteiger partial charge in [0.05, 0.1) is 0 Å². The number of hydrogen-bond donors (Lipinski definition) is 0. The molecule has 6 nitrogen and oxygen atoms in total. The fraction of sp³-hybridized carbons (Fsp3) is 0. The molecule has 0 aromatic carbocycles. The molecule has 1 rings (SSSR count). The second-order valence-corrected chi connectivity index (χ2v) is 1.13. The molecule has 0 aliphatic rings. The highest BCUT2D eigenvalue weighted by Crippen LogP contribution is 2.10. The topological polar surface area (TPSA) is 82.1 Å². The van der Waals surface area contributed by atoms with Gasteiger partial charge in [-0.2, -0.15) is 4.39 Å². The highest BCUT2D eigenvalue weighted by Gasteiger charge is 2.20. The summed E-state index contributed by atoms with van der Waals surface area (Å²) in [6.45, 7) is 0. The molecule has 0 atom stereocenters. The molecule has 0 fully saturated rings. The van der Waals surface area contributed by atoms with E-state index in [1.807, 2.05) is 0 Å². The van der Waals surface area contributed by atoms with E-state index >= 15 is 0 Å². The van der Waals surface area contributed by atoms with E-state index in [0.29, 0.717) is 0 Å². The SMILES string of the molecule is O=[N+]([O-])c1onnc1F. The molecule has 0 spiro atoms. The molecule has 1 heterocycles. The maximum Gasteiger partial charge on any atom is 0.512 e. The van der Waals surface area contributed by atoms with Gasteiger partial charge in [-0.05, 0) is 0 Å². The van der Waals surface area contributed by atoms with E-state index in [4.69, 9.17) is 0 Å². The molecule has 0 radical (unpaired) electrons. The molecule has 0 saturated heterocycles. The molecular weight excluding hydrogens is 133 g/mol. The summed E-state index contributed by atoms with van der Waals surface area (Å²) in [7, 11) is 0. The zero-order valence-corrected chi connectivity index (χ0v) is 3.94. The molecule has 0 amide bonds. The van der Waals surface area contributed by atoms with Crippen LogP contribution in [-0.2, 0) is 0 Å². The molecule has 1 aromatic heterocycles. The minimum atomic E-state index is -1.31. The van der Waals surface area contributed by atoms with Crippen molar-refractivity contribution in [2.24, 2.45) is 0 Å². The number of hydrogen-bond acceptors (Lipinski definition) is 5. The highest BCUT2D eigenvalue weighted by molar-refractivity contribution is 5.05. The molecule has 0 bridgehead atoms. The first-order valence-corrected chi connectivity index (χ1v) is 1.84. The van der Waals surface area contributed by atoms with Crippen molar-refractivity contribution in [3.05, 3.63) is 16.1 Å². The van der Waals surface area contributed by atoms with Gasteiger partial charge in [-0.15, -0.1) is 0 Å². The maximum atomic E-state index is 11.9. The average molecular weight is 133 g/mol. The van der Waals surface area contributed by atoms with E-state index in [0.717, 1.165) is 0 Å². The first kappa shape index (κ1) is 5.60. The lowest BCUT2D eigenvalue weighted by molar-refractivity contribution is -0.406. The molecule has 0 aliphatic heterocycles.